The Morgan fingerprint density at radius 1 is 1.10 bits per heavy atom. The van der Waals surface area contributed by atoms with Crippen LogP contribution in [0.2, 0.25) is 0 Å². The largest absolute Gasteiger partial charge is 0.318 e. The number of hydrogen-bond acceptors (Lipinski definition) is 5. The summed E-state index contributed by atoms with van der Waals surface area (Å²) in [6, 6.07) is 5.14. The van der Waals surface area contributed by atoms with E-state index in [1.54, 1.807) is 53.8 Å². The third kappa shape index (κ3) is 2.76. The summed E-state index contributed by atoms with van der Waals surface area (Å²) in [4.78, 5) is 28.4. The van der Waals surface area contributed by atoms with Crippen molar-refractivity contribution < 1.29 is 4.79 Å². The Kier molecular flexibility index (Phi) is 3.38. The maximum absolute atomic E-state index is 11.9. The number of rotatable bonds is 3. The summed E-state index contributed by atoms with van der Waals surface area (Å²) < 4.78 is 1.75. The fourth-order valence-corrected chi connectivity index (χ4v) is 1.79. The molecule has 0 aromatic carbocycles. The molecule has 0 bridgehead atoms. The van der Waals surface area contributed by atoms with Crippen LogP contribution in [-0.2, 0) is 0 Å². The molecule has 1 amide bonds. The smallest absolute Gasteiger partial charge is 0.274 e. The molecule has 3 rings (SSSR count). The van der Waals surface area contributed by atoms with Gasteiger partial charge in [-0.15, -0.1) is 0 Å². The van der Waals surface area contributed by atoms with Crippen molar-refractivity contribution in [2.45, 2.75) is 6.92 Å². The molecular weight excluding hydrogens is 268 g/mol. The van der Waals surface area contributed by atoms with Crippen LogP contribution >= 0.6 is 0 Å². The highest BCUT2D eigenvalue weighted by Crippen LogP contribution is 2.09. The predicted molar refractivity (Wildman–Crippen MR) is 76.1 cm³/mol. The second kappa shape index (κ2) is 5.49. The fraction of sp³-hybridized carbons (Fsp3) is 0.0714. The van der Waals surface area contributed by atoms with E-state index in [9.17, 15) is 4.79 Å². The zero-order valence-electron chi connectivity index (χ0n) is 11.3. The van der Waals surface area contributed by atoms with Gasteiger partial charge >= 0.3 is 0 Å². The van der Waals surface area contributed by atoms with Gasteiger partial charge in [-0.05, 0) is 19.1 Å². The number of nitrogens with zero attached hydrogens (tertiary/aromatic N) is 5. The third-order valence-corrected chi connectivity index (χ3v) is 2.83. The number of pyridine rings is 1. The fourth-order valence-electron chi connectivity index (χ4n) is 1.79. The van der Waals surface area contributed by atoms with E-state index in [1.165, 1.54) is 0 Å². The van der Waals surface area contributed by atoms with Crippen LogP contribution in [0.25, 0.3) is 5.95 Å². The number of anilines is 1. The summed E-state index contributed by atoms with van der Waals surface area (Å²) in [6.45, 7) is 1.86. The van der Waals surface area contributed by atoms with Crippen molar-refractivity contribution in [2.24, 2.45) is 0 Å². The number of hydrogen-bond donors (Lipinski definition) is 1. The monoisotopic (exact) mass is 280 g/mol. The summed E-state index contributed by atoms with van der Waals surface area (Å²) >= 11 is 0. The molecule has 0 saturated heterocycles. The van der Waals surface area contributed by atoms with Crippen molar-refractivity contribution in [1.29, 1.82) is 0 Å². The van der Waals surface area contributed by atoms with Gasteiger partial charge in [0, 0.05) is 18.6 Å². The van der Waals surface area contributed by atoms with Crippen LogP contribution < -0.4 is 5.32 Å². The molecule has 7 nitrogen and oxygen atoms in total. The summed E-state index contributed by atoms with van der Waals surface area (Å²) in [5.74, 6) is 0.992. The van der Waals surface area contributed by atoms with Crippen molar-refractivity contribution in [1.82, 2.24) is 24.5 Å². The lowest BCUT2D eigenvalue weighted by Gasteiger charge is -2.06. The van der Waals surface area contributed by atoms with Gasteiger partial charge in [0.05, 0.1) is 18.1 Å². The minimum Gasteiger partial charge on any atom is -0.318 e. The molecule has 7 heteroatoms. The average Bonchev–Trinajstić information content (AvgIpc) is 2.95. The van der Waals surface area contributed by atoms with Crippen LogP contribution in [0.5, 0.6) is 0 Å². The topological polar surface area (TPSA) is 85.6 Å². The van der Waals surface area contributed by atoms with Crippen LogP contribution in [-0.4, -0.2) is 30.4 Å². The maximum atomic E-state index is 11.9. The van der Waals surface area contributed by atoms with Crippen LogP contribution in [0, 0.1) is 6.92 Å². The van der Waals surface area contributed by atoms with Gasteiger partial charge in [-0.25, -0.2) is 15.0 Å². The number of imidazole rings is 1. The molecule has 3 aromatic rings. The average molecular weight is 280 g/mol. The Bertz CT molecular complexity index is 751. The third-order valence-electron chi connectivity index (χ3n) is 2.83. The Labute approximate surface area is 120 Å². The van der Waals surface area contributed by atoms with Gasteiger partial charge in [-0.3, -0.25) is 14.3 Å². The molecular formula is C14H12N6O. The lowest BCUT2D eigenvalue weighted by molar-refractivity contribution is 0.102. The lowest BCUT2D eigenvalue weighted by Crippen LogP contribution is -2.14. The van der Waals surface area contributed by atoms with E-state index in [1.807, 2.05) is 6.92 Å². The van der Waals surface area contributed by atoms with E-state index in [0.717, 1.165) is 5.82 Å². The van der Waals surface area contributed by atoms with Crippen molar-refractivity contribution in [2.75, 3.05) is 5.32 Å². The Hall–Kier alpha value is -3.09. The molecule has 0 radical (unpaired) electrons. The minimum atomic E-state index is -0.300. The molecule has 1 N–H and O–H groups in total. The van der Waals surface area contributed by atoms with Crippen LogP contribution in [0.15, 0.2) is 49.2 Å². The molecule has 0 saturated carbocycles. The molecule has 3 heterocycles. The summed E-state index contributed by atoms with van der Waals surface area (Å²) in [7, 11) is 0. The van der Waals surface area contributed by atoms with E-state index in [2.05, 4.69) is 25.3 Å². The lowest BCUT2D eigenvalue weighted by atomic mass is 10.3. The molecule has 0 aliphatic rings. The molecule has 104 valence electrons. The Morgan fingerprint density at radius 3 is 2.52 bits per heavy atom. The quantitative estimate of drug-likeness (QED) is 0.788. The van der Waals surface area contributed by atoms with Gasteiger partial charge in [-0.2, -0.15) is 0 Å². The molecule has 21 heavy (non-hydrogen) atoms. The van der Waals surface area contributed by atoms with Gasteiger partial charge in [0.15, 0.2) is 0 Å². The van der Waals surface area contributed by atoms with E-state index >= 15 is 0 Å². The highest BCUT2D eigenvalue weighted by atomic mass is 16.1. The highest BCUT2D eigenvalue weighted by molar-refractivity contribution is 6.02. The van der Waals surface area contributed by atoms with Gasteiger partial charge in [-0.1, -0.05) is 6.07 Å². The van der Waals surface area contributed by atoms with Gasteiger partial charge in [0.25, 0.3) is 5.91 Å². The second-order valence-corrected chi connectivity index (χ2v) is 4.29. The normalized spacial score (nSPS) is 10.3. The first-order valence-electron chi connectivity index (χ1n) is 6.29. The van der Waals surface area contributed by atoms with Crippen molar-refractivity contribution in [3.05, 3.63) is 60.7 Å². The van der Waals surface area contributed by atoms with Crippen molar-refractivity contribution in [3.8, 4) is 5.95 Å². The zero-order valence-corrected chi connectivity index (χ0v) is 11.3. The Morgan fingerprint density at radius 2 is 1.90 bits per heavy atom. The number of amides is 1. The number of nitrogens with one attached hydrogen (secondary N) is 1. The molecule has 0 fully saturated rings. The molecule has 0 spiro atoms. The van der Waals surface area contributed by atoms with E-state index in [4.69, 9.17) is 0 Å². The number of carbonyl (C=O) groups excluding carboxylic acids is 1. The number of aromatic nitrogens is 5. The van der Waals surface area contributed by atoms with E-state index in [-0.39, 0.29) is 5.91 Å². The predicted octanol–water partition coefficient (Wildman–Crippen LogP) is 1.62. The van der Waals surface area contributed by atoms with E-state index < -0.39 is 0 Å². The number of carbonyl (C=O) groups is 1. The standard InChI is InChI=1S/C14H12N6O/c1-10-15-6-7-20(10)14-17-8-11(9-18-14)19-13(21)12-4-2-3-5-16-12/h2-9H,1H3,(H,19,21). The summed E-state index contributed by atoms with van der Waals surface area (Å²) in [5.41, 5.74) is 0.846. The molecule has 0 unspecified atom stereocenters. The van der Waals surface area contributed by atoms with Crippen LogP contribution in [0.3, 0.4) is 0 Å². The highest BCUT2D eigenvalue weighted by Gasteiger charge is 2.08. The number of aryl methyl sites for hydroxylation is 1. The first kappa shape index (κ1) is 12.9. The van der Waals surface area contributed by atoms with Gasteiger partial charge in [0.2, 0.25) is 5.95 Å². The Balaban J connectivity index is 1.76. The minimum absolute atomic E-state index is 0.300. The van der Waals surface area contributed by atoms with Crippen molar-refractivity contribution >= 4 is 11.6 Å². The maximum Gasteiger partial charge on any atom is 0.274 e. The molecule has 3 aromatic heterocycles. The van der Waals surface area contributed by atoms with Gasteiger partial charge in [0.1, 0.15) is 11.5 Å². The second-order valence-electron chi connectivity index (χ2n) is 4.29. The molecule has 0 aliphatic carbocycles. The first-order chi connectivity index (χ1) is 10.2. The van der Waals surface area contributed by atoms with Crippen molar-refractivity contribution in [3.63, 3.8) is 0 Å². The zero-order chi connectivity index (χ0) is 14.7. The van der Waals surface area contributed by atoms with Gasteiger partial charge < -0.3 is 5.32 Å². The molecule has 0 atom stereocenters. The van der Waals surface area contributed by atoms with Crippen LogP contribution in [0.1, 0.15) is 16.3 Å². The van der Waals surface area contributed by atoms with Crippen LogP contribution in [0.4, 0.5) is 5.69 Å². The summed E-state index contributed by atoms with van der Waals surface area (Å²) in [6.07, 6.45) is 8.10. The first-order valence-corrected chi connectivity index (χ1v) is 6.29. The summed E-state index contributed by atoms with van der Waals surface area (Å²) in [5, 5.41) is 2.69. The van der Waals surface area contributed by atoms with E-state index in [0.29, 0.717) is 17.3 Å². The SMILES string of the molecule is Cc1nccn1-c1ncc(NC(=O)c2ccccn2)cn1. The molecule has 0 aliphatic heterocycles.